The third-order valence-corrected chi connectivity index (χ3v) is 6.73. The highest BCUT2D eigenvalue weighted by Gasteiger charge is 2.32. The summed E-state index contributed by atoms with van der Waals surface area (Å²) in [5, 5.41) is 0. The van der Waals surface area contributed by atoms with Gasteiger partial charge in [0, 0.05) is 13.1 Å². The Kier molecular flexibility index (Phi) is 7.12. The van der Waals surface area contributed by atoms with Crippen LogP contribution in [-0.4, -0.2) is 52.7 Å². The fourth-order valence-corrected chi connectivity index (χ4v) is 4.90. The summed E-state index contributed by atoms with van der Waals surface area (Å²) >= 11 is 6.72. The second-order valence-electron chi connectivity index (χ2n) is 7.54. The fourth-order valence-electron chi connectivity index (χ4n) is 3.64. The van der Waals surface area contributed by atoms with Gasteiger partial charge in [-0.3, -0.25) is 14.5 Å². The van der Waals surface area contributed by atoms with E-state index in [4.69, 9.17) is 21.7 Å². The van der Waals surface area contributed by atoms with Crippen molar-refractivity contribution in [3.8, 4) is 11.5 Å². The number of ether oxygens (including phenoxy) is 2. The quantitative estimate of drug-likeness (QED) is 0.451. The molecule has 0 atom stereocenters. The number of benzene rings is 2. The molecule has 0 unspecified atom stereocenters. The molecule has 2 aliphatic rings. The average Bonchev–Trinajstić information content (AvgIpc) is 3.44. The molecule has 0 bridgehead atoms. The third-order valence-electron chi connectivity index (χ3n) is 5.35. The van der Waals surface area contributed by atoms with E-state index in [1.807, 2.05) is 41.3 Å². The van der Waals surface area contributed by atoms with E-state index in [-0.39, 0.29) is 18.4 Å². The second kappa shape index (κ2) is 10.2. The second-order valence-corrected chi connectivity index (χ2v) is 9.22. The van der Waals surface area contributed by atoms with Crippen molar-refractivity contribution in [1.29, 1.82) is 0 Å². The third kappa shape index (κ3) is 5.14. The van der Waals surface area contributed by atoms with Crippen LogP contribution in [0.1, 0.15) is 24.0 Å². The molecule has 2 fully saturated rings. The first-order chi connectivity index (χ1) is 15.5. The van der Waals surface area contributed by atoms with E-state index in [1.54, 1.807) is 30.2 Å². The number of likely N-dealkylation sites (tertiary alicyclic amines) is 1. The topological polar surface area (TPSA) is 59.1 Å². The summed E-state index contributed by atoms with van der Waals surface area (Å²) in [5.41, 5.74) is 1.82. The van der Waals surface area contributed by atoms with E-state index in [9.17, 15) is 9.59 Å². The average molecular weight is 469 g/mol. The Morgan fingerprint density at radius 2 is 1.88 bits per heavy atom. The van der Waals surface area contributed by atoms with Crippen molar-refractivity contribution in [2.24, 2.45) is 0 Å². The summed E-state index contributed by atoms with van der Waals surface area (Å²) < 4.78 is 11.7. The first kappa shape index (κ1) is 22.4. The van der Waals surface area contributed by atoms with E-state index < -0.39 is 0 Å². The summed E-state index contributed by atoms with van der Waals surface area (Å²) in [6, 6.07) is 15.2. The Balaban J connectivity index is 1.44. The number of carbonyl (C=O) groups excluding carboxylic acids is 2. The number of hydrogen-bond donors (Lipinski definition) is 0. The van der Waals surface area contributed by atoms with Crippen LogP contribution in [0.25, 0.3) is 6.08 Å². The van der Waals surface area contributed by atoms with Gasteiger partial charge in [-0.2, -0.15) is 0 Å². The molecule has 2 aliphatic heterocycles. The zero-order valence-electron chi connectivity index (χ0n) is 17.8. The number of rotatable bonds is 7. The van der Waals surface area contributed by atoms with Crippen LogP contribution in [0.5, 0.6) is 11.5 Å². The highest BCUT2D eigenvalue weighted by atomic mass is 32.2. The van der Waals surface area contributed by atoms with Crippen molar-refractivity contribution in [2.75, 3.05) is 26.8 Å². The van der Waals surface area contributed by atoms with E-state index in [1.165, 1.54) is 11.8 Å². The van der Waals surface area contributed by atoms with E-state index >= 15 is 0 Å². The van der Waals surface area contributed by atoms with Crippen LogP contribution in [0.15, 0.2) is 53.4 Å². The van der Waals surface area contributed by atoms with Crippen LogP contribution in [0, 0.1) is 0 Å². The van der Waals surface area contributed by atoms with Crippen molar-refractivity contribution >= 4 is 46.2 Å². The minimum absolute atomic E-state index is 0.0179. The Labute approximate surface area is 197 Å². The van der Waals surface area contributed by atoms with Crippen molar-refractivity contribution in [3.05, 3.63) is 64.6 Å². The lowest BCUT2D eigenvalue weighted by molar-refractivity contribution is -0.132. The number of amides is 2. The Morgan fingerprint density at radius 1 is 1.12 bits per heavy atom. The molecule has 2 aromatic carbocycles. The predicted molar refractivity (Wildman–Crippen MR) is 129 cm³/mol. The smallest absolute Gasteiger partial charge is 0.266 e. The Hall–Kier alpha value is -2.84. The predicted octanol–water partition coefficient (Wildman–Crippen LogP) is 4.10. The van der Waals surface area contributed by atoms with Gasteiger partial charge in [0.1, 0.15) is 4.32 Å². The van der Waals surface area contributed by atoms with Crippen molar-refractivity contribution in [3.63, 3.8) is 0 Å². The number of methoxy groups -OCH3 is 1. The molecule has 6 nitrogen and oxygen atoms in total. The molecule has 0 aliphatic carbocycles. The maximum Gasteiger partial charge on any atom is 0.266 e. The highest BCUT2D eigenvalue weighted by Crippen LogP contribution is 2.35. The number of carbonyl (C=O) groups is 2. The van der Waals surface area contributed by atoms with Gasteiger partial charge < -0.3 is 14.4 Å². The molecule has 8 heteroatoms. The van der Waals surface area contributed by atoms with Crippen molar-refractivity contribution in [2.45, 2.75) is 19.4 Å². The molecule has 0 spiro atoms. The van der Waals surface area contributed by atoms with E-state index in [0.717, 1.165) is 37.1 Å². The van der Waals surface area contributed by atoms with Crippen LogP contribution < -0.4 is 9.47 Å². The van der Waals surface area contributed by atoms with E-state index in [2.05, 4.69) is 0 Å². The lowest BCUT2D eigenvalue weighted by atomic mass is 10.1. The first-order valence-corrected chi connectivity index (χ1v) is 11.7. The lowest BCUT2D eigenvalue weighted by Gasteiger charge is -2.16. The molecule has 32 heavy (non-hydrogen) atoms. The molecule has 4 rings (SSSR count). The summed E-state index contributed by atoms with van der Waals surface area (Å²) in [5.74, 6) is 0.872. The number of thiocarbonyl (C=S) groups is 1. The molecular weight excluding hydrogens is 444 g/mol. The zero-order valence-corrected chi connectivity index (χ0v) is 19.4. The SMILES string of the molecule is COc1cc(/C=C2\SC(=S)N(Cc3ccccc3)C2=O)ccc1OCC(=O)N1CCCC1. The largest absolute Gasteiger partial charge is 0.493 e. The molecule has 0 aromatic heterocycles. The molecule has 2 heterocycles. The van der Waals surface area contributed by atoms with Crippen LogP contribution in [0.4, 0.5) is 0 Å². The minimum atomic E-state index is -0.112. The van der Waals surface area contributed by atoms with Crippen molar-refractivity contribution in [1.82, 2.24) is 9.80 Å². The number of hydrogen-bond acceptors (Lipinski definition) is 6. The Morgan fingerprint density at radius 3 is 2.59 bits per heavy atom. The van der Waals surface area contributed by atoms with Gasteiger partial charge in [-0.1, -0.05) is 60.4 Å². The monoisotopic (exact) mass is 468 g/mol. The van der Waals surface area contributed by atoms with Crippen LogP contribution in [-0.2, 0) is 16.1 Å². The number of nitrogens with zero attached hydrogens (tertiary/aromatic N) is 2. The first-order valence-electron chi connectivity index (χ1n) is 10.4. The van der Waals surface area contributed by atoms with Gasteiger partial charge in [-0.15, -0.1) is 0 Å². The van der Waals surface area contributed by atoms with Crippen LogP contribution >= 0.6 is 24.0 Å². The molecular formula is C24H24N2O4S2. The zero-order chi connectivity index (χ0) is 22.5. The van der Waals surface area contributed by atoms with Gasteiger partial charge in [0.05, 0.1) is 18.6 Å². The molecule has 166 valence electrons. The molecule has 2 saturated heterocycles. The fraction of sp³-hybridized carbons (Fsp3) is 0.292. The van der Waals surface area contributed by atoms with Gasteiger partial charge in [0.25, 0.3) is 11.8 Å². The molecule has 0 N–H and O–H groups in total. The van der Waals surface area contributed by atoms with Gasteiger partial charge >= 0.3 is 0 Å². The molecule has 2 amide bonds. The van der Waals surface area contributed by atoms with Crippen LogP contribution in [0.3, 0.4) is 0 Å². The minimum Gasteiger partial charge on any atom is -0.493 e. The highest BCUT2D eigenvalue weighted by molar-refractivity contribution is 8.26. The number of thioether (sulfide) groups is 1. The molecule has 0 saturated carbocycles. The van der Waals surface area contributed by atoms with Gasteiger partial charge in [-0.05, 0) is 42.2 Å². The van der Waals surface area contributed by atoms with Crippen LogP contribution in [0.2, 0.25) is 0 Å². The van der Waals surface area contributed by atoms with E-state index in [0.29, 0.717) is 27.3 Å². The van der Waals surface area contributed by atoms with Gasteiger partial charge in [0.15, 0.2) is 18.1 Å². The maximum absolute atomic E-state index is 12.9. The molecule has 2 aromatic rings. The maximum atomic E-state index is 12.9. The summed E-state index contributed by atoms with van der Waals surface area (Å²) in [4.78, 5) is 29.1. The van der Waals surface area contributed by atoms with Gasteiger partial charge in [-0.25, -0.2) is 0 Å². The summed E-state index contributed by atoms with van der Waals surface area (Å²) in [6.45, 7) is 2.01. The summed E-state index contributed by atoms with van der Waals surface area (Å²) in [6.07, 6.45) is 3.88. The van der Waals surface area contributed by atoms with Crippen molar-refractivity contribution < 1.29 is 19.1 Å². The Bertz CT molecular complexity index is 1050. The summed E-state index contributed by atoms with van der Waals surface area (Å²) in [7, 11) is 1.55. The standard InChI is InChI=1S/C24H24N2O4S2/c1-29-20-13-18(9-10-19(20)30-16-22(27)25-11-5-6-12-25)14-21-23(28)26(24(31)32-21)15-17-7-3-2-4-8-17/h2-4,7-10,13-14H,5-6,11-12,15-16H2,1H3/b21-14-. The van der Waals surface area contributed by atoms with Gasteiger partial charge in [0.2, 0.25) is 0 Å². The normalized spacial score (nSPS) is 17.3. The molecule has 0 radical (unpaired) electrons. The lowest BCUT2D eigenvalue weighted by Crippen LogP contribution is -2.32.